The Labute approximate surface area is 180 Å². The molecule has 0 aliphatic rings. The van der Waals surface area contributed by atoms with E-state index in [4.69, 9.17) is 0 Å². The van der Waals surface area contributed by atoms with E-state index in [1.807, 2.05) is 75.3 Å². The summed E-state index contributed by atoms with van der Waals surface area (Å²) in [6.45, 7) is 4.06. The third-order valence-electron chi connectivity index (χ3n) is 4.38. The fraction of sp³-hybridized carbons (Fsp3) is 0.238. The number of benzene rings is 2. The monoisotopic (exact) mass is 423 g/mol. The average Bonchev–Trinajstić information content (AvgIpc) is 3.17. The number of carbonyl (C=O) groups is 1. The van der Waals surface area contributed by atoms with Crippen molar-refractivity contribution in [2.75, 3.05) is 35.5 Å². The minimum absolute atomic E-state index is 0.109. The maximum atomic E-state index is 12.1. The zero-order chi connectivity index (χ0) is 21.5. The number of H-pyrrole nitrogens is 1. The van der Waals surface area contributed by atoms with Gasteiger partial charge in [0.1, 0.15) is 0 Å². The summed E-state index contributed by atoms with van der Waals surface area (Å²) < 4.78 is 0. The number of carbonyl (C=O) groups excluding carboxylic acids is 1. The smallest absolute Gasteiger partial charge is 0.240 e. The first-order valence-electron chi connectivity index (χ1n) is 9.39. The first-order chi connectivity index (χ1) is 14.4. The van der Waals surface area contributed by atoms with Gasteiger partial charge in [-0.25, -0.2) is 10.5 Å². The molecule has 30 heavy (non-hydrogen) atoms. The number of amides is 1. The highest BCUT2D eigenvalue weighted by Crippen LogP contribution is 2.17. The molecular formula is C21H25N7OS. The highest BCUT2D eigenvalue weighted by molar-refractivity contribution is 7.99. The van der Waals surface area contributed by atoms with E-state index in [9.17, 15) is 4.79 Å². The number of hydrogen-bond donors (Lipinski definition) is 3. The van der Waals surface area contributed by atoms with Crippen molar-refractivity contribution >= 4 is 41.2 Å². The number of anilines is 3. The van der Waals surface area contributed by atoms with Gasteiger partial charge in [0, 0.05) is 25.5 Å². The molecule has 1 heterocycles. The lowest BCUT2D eigenvalue weighted by molar-refractivity contribution is -0.113. The van der Waals surface area contributed by atoms with Crippen LogP contribution in [0.3, 0.4) is 0 Å². The summed E-state index contributed by atoms with van der Waals surface area (Å²) >= 11 is 1.25. The molecule has 2 aromatic carbocycles. The van der Waals surface area contributed by atoms with Gasteiger partial charge < -0.3 is 10.2 Å². The van der Waals surface area contributed by atoms with Gasteiger partial charge in [0.15, 0.2) is 0 Å². The third-order valence-corrected chi connectivity index (χ3v) is 5.23. The zero-order valence-electron chi connectivity index (χ0n) is 17.4. The van der Waals surface area contributed by atoms with Gasteiger partial charge in [0.25, 0.3) is 0 Å². The van der Waals surface area contributed by atoms with Gasteiger partial charge in [-0.1, -0.05) is 30.0 Å². The minimum atomic E-state index is -0.109. The molecule has 3 rings (SSSR count). The van der Waals surface area contributed by atoms with Crippen molar-refractivity contribution in [3.05, 3.63) is 59.2 Å². The fourth-order valence-corrected chi connectivity index (χ4v) is 3.13. The summed E-state index contributed by atoms with van der Waals surface area (Å²) in [4.78, 5) is 18.4. The van der Waals surface area contributed by atoms with Gasteiger partial charge in [-0.3, -0.25) is 4.79 Å². The van der Waals surface area contributed by atoms with E-state index >= 15 is 0 Å². The van der Waals surface area contributed by atoms with E-state index in [-0.39, 0.29) is 11.7 Å². The molecule has 0 aliphatic heterocycles. The fourth-order valence-electron chi connectivity index (χ4n) is 2.53. The molecule has 0 radical (unpaired) electrons. The summed E-state index contributed by atoms with van der Waals surface area (Å²) in [5.74, 6) is 0.515. The van der Waals surface area contributed by atoms with E-state index in [0.29, 0.717) is 11.1 Å². The molecule has 0 bridgehead atoms. The Bertz CT molecular complexity index is 1030. The van der Waals surface area contributed by atoms with E-state index in [1.54, 1.807) is 6.21 Å². The van der Waals surface area contributed by atoms with Crippen molar-refractivity contribution in [1.82, 2.24) is 15.2 Å². The Morgan fingerprint density at radius 1 is 1.17 bits per heavy atom. The Hall–Kier alpha value is -3.33. The standard InChI is InChI=1S/C21H25N7OS/c1-14-5-8-17(11-15(14)2)23-19(29)13-30-21-24-20(26-27-21)25-22-12-16-6-9-18(10-7-16)28(3)4/h5-12H,13H2,1-4H3,(H,23,29)(H2,24,25,26,27)/b22-12-. The largest absolute Gasteiger partial charge is 0.378 e. The van der Waals surface area contributed by atoms with E-state index in [2.05, 4.69) is 31.0 Å². The molecule has 0 saturated heterocycles. The van der Waals surface area contributed by atoms with Gasteiger partial charge in [-0.05, 0) is 54.8 Å². The molecule has 8 nitrogen and oxygen atoms in total. The summed E-state index contributed by atoms with van der Waals surface area (Å²) in [6, 6.07) is 13.8. The molecule has 0 aliphatic carbocycles. The predicted molar refractivity (Wildman–Crippen MR) is 124 cm³/mol. The Morgan fingerprint density at radius 2 is 1.93 bits per heavy atom. The van der Waals surface area contributed by atoms with Crippen LogP contribution in [0.1, 0.15) is 16.7 Å². The van der Waals surface area contributed by atoms with Crippen molar-refractivity contribution in [3.8, 4) is 0 Å². The van der Waals surface area contributed by atoms with Crippen LogP contribution in [0.5, 0.6) is 0 Å². The van der Waals surface area contributed by atoms with Crippen LogP contribution in [0.2, 0.25) is 0 Å². The first-order valence-corrected chi connectivity index (χ1v) is 10.4. The van der Waals surface area contributed by atoms with Crippen molar-refractivity contribution in [3.63, 3.8) is 0 Å². The Morgan fingerprint density at radius 3 is 2.63 bits per heavy atom. The van der Waals surface area contributed by atoms with Crippen LogP contribution < -0.4 is 15.6 Å². The second-order valence-corrected chi connectivity index (χ2v) is 7.90. The zero-order valence-corrected chi connectivity index (χ0v) is 18.2. The Balaban J connectivity index is 1.46. The molecule has 0 spiro atoms. The molecule has 1 aromatic heterocycles. The van der Waals surface area contributed by atoms with Crippen LogP contribution >= 0.6 is 11.8 Å². The lowest BCUT2D eigenvalue weighted by Gasteiger charge is -2.11. The van der Waals surface area contributed by atoms with Crippen molar-refractivity contribution in [1.29, 1.82) is 0 Å². The number of aryl methyl sites for hydroxylation is 2. The van der Waals surface area contributed by atoms with Gasteiger partial charge in [0.05, 0.1) is 12.0 Å². The van der Waals surface area contributed by atoms with Gasteiger partial charge >= 0.3 is 0 Å². The average molecular weight is 424 g/mol. The van der Waals surface area contributed by atoms with Crippen LogP contribution in [0, 0.1) is 13.8 Å². The lowest BCUT2D eigenvalue weighted by atomic mass is 10.1. The van der Waals surface area contributed by atoms with Crippen LogP contribution in [0.15, 0.2) is 52.7 Å². The minimum Gasteiger partial charge on any atom is -0.378 e. The lowest BCUT2D eigenvalue weighted by Crippen LogP contribution is -2.14. The molecule has 156 valence electrons. The van der Waals surface area contributed by atoms with Crippen LogP contribution in [0.25, 0.3) is 0 Å². The normalized spacial score (nSPS) is 10.9. The van der Waals surface area contributed by atoms with E-state index in [0.717, 1.165) is 22.5 Å². The van der Waals surface area contributed by atoms with Crippen LogP contribution in [-0.2, 0) is 4.79 Å². The Kier molecular flexibility index (Phi) is 7.08. The second kappa shape index (κ2) is 9.93. The van der Waals surface area contributed by atoms with Gasteiger partial charge in [-0.2, -0.15) is 10.1 Å². The predicted octanol–water partition coefficient (Wildman–Crippen LogP) is 3.66. The highest BCUT2D eigenvalue weighted by Gasteiger charge is 2.08. The molecule has 1 amide bonds. The summed E-state index contributed by atoms with van der Waals surface area (Å²) in [7, 11) is 3.99. The van der Waals surface area contributed by atoms with Crippen molar-refractivity contribution < 1.29 is 4.79 Å². The maximum Gasteiger partial charge on any atom is 0.240 e. The number of aromatic nitrogens is 3. The molecule has 3 N–H and O–H groups in total. The summed E-state index contributed by atoms with van der Waals surface area (Å²) in [5, 5.41) is 14.3. The SMILES string of the molecule is Cc1ccc(NC(=O)CSc2n[nH]c(N/N=C\c3ccc(N(C)C)cc3)n2)cc1C. The number of aromatic amines is 1. The van der Waals surface area contributed by atoms with E-state index < -0.39 is 0 Å². The van der Waals surface area contributed by atoms with Crippen LogP contribution in [0.4, 0.5) is 17.3 Å². The molecule has 9 heteroatoms. The molecule has 0 atom stereocenters. The van der Waals surface area contributed by atoms with Crippen molar-refractivity contribution in [2.45, 2.75) is 19.0 Å². The maximum absolute atomic E-state index is 12.1. The number of thioether (sulfide) groups is 1. The second-order valence-electron chi connectivity index (χ2n) is 6.96. The highest BCUT2D eigenvalue weighted by atomic mass is 32.2. The number of nitrogens with one attached hydrogen (secondary N) is 3. The third kappa shape index (κ3) is 6.08. The molecule has 0 saturated carbocycles. The number of hydrogen-bond acceptors (Lipinski definition) is 7. The number of rotatable bonds is 8. The summed E-state index contributed by atoms with van der Waals surface area (Å²) in [6.07, 6.45) is 1.70. The molecule has 3 aromatic rings. The molecule has 0 fully saturated rings. The van der Waals surface area contributed by atoms with Gasteiger partial charge in [0.2, 0.25) is 17.0 Å². The molecular weight excluding hydrogens is 398 g/mol. The topological polar surface area (TPSA) is 98.3 Å². The van der Waals surface area contributed by atoms with E-state index in [1.165, 1.54) is 17.3 Å². The summed E-state index contributed by atoms with van der Waals surface area (Å²) in [5.41, 5.74) is 8.01. The number of hydrazone groups is 1. The first kappa shape index (κ1) is 21.4. The van der Waals surface area contributed by atoms with Crippen molar-refractivity contribution in [2.24, 2.45) is 5.10 Å². The van der Waals surface area contributed by atoms with Gasteiger partial charge in [-0.15, -0.1) is 5.10 Å². The van der Waals surface area contributed by atoms with Crippen LogP contribution in [-0.4, -0.2) is 47.2 Å². The number of nitrogens with zero attached hydrogens (tertiary/aromatic N) is 4. The molecule has 0 unspecified atom stereocenters. The quantitative estimate of drug-likeness (QED) is 0.291.